The molecule has 0 saturated carbocycles. The highest BCUT2D eigenvalue weighted by atomic mass is 16.2. The van der Waals surface area contributed by atoms with Gasteiger partial charge in [-0.25, -0.2) is 0 Å². The molecule has 0 atom stereocenters. The van der Waals surface area contributed by atoms with Gasteiger partial charge >= 0.3 is 0 Å². The van der Waals surface area contributed by atoms with E-state index in [0.29, 0.717) is 16.8 Å². The molecule has 5 nitrogen and oxygen atoms in total. The molecule has 0 unspecified atom stereocenters. The molecule has 4 N–H and O–H groups in total. The monoisotopic (exact) mass is 269 g/mol. The van der Waals surface area contributed by atoms with Crippen molar-refractivity contribution in [1.29, 1.82) is 0 Å². The number of nitrogens with one attached hydrogen (secondary N) is 2. The van der Waals surface area contributed by atoms with Crippen molar-refractivity contribution in [3.63, 3.8) is 0 Å². The fourth-order valence-electron chi connectivity index (χ4n) is 1.63. The van der Waals surface area contributed by atoms with Crippen LogP contribution in [0.15, 0.2) is 54.6 Å². The van der Waals surface area contributed by atoms with E-state index in [-0.39, 0.29) is 18.5 Å². The van der Waals surface area contributed by atoms with Gasteiger partial charge in [0.15, 0.2) is 0 Å². The van der Waals surface area contributed by atoms with Gasteiger partial charge in [-0.1, -0.05) is 18.2 Å². The van der Waals surface area contributed by atoms with Crippen LogP contribution >= 0.6 is 0 Å². The summed E-state index contributed by atoms with van der Waals surface area (Å²) in [7, 11) is 0. The van der Waals surface area contributed by atoms with E-state index in [2.05, 4.69) is 10.6 Å². The van der Waals surface area contributed by atoms with Crippen LogP contribution in [0.4, 0.5) is 5.69 Å². The summed E-state index contributed by atoms with van der Waals surface area (Å²) in [5.74, 6) is -0.499. The van der Waals surface area contributed by atoms with Crippen molar-refractivity contribution in [1.82, 2.24) is 10.6 Å². The van der Waals surface area contributed by atoms with E-state index in [1.54, 1.807) is 48.5 Å². The van der Waals surface area contributed by atoms with Crippen molar-refractivity contribution in [3.05, 3.63) is 65.7 Å². The number of nitrogen functional groups attached to an aromatic ring is 1. The Balaban J connectivity index is 1.83. The number of carbonyl (C=O) groups is 2. The largest absolute Gasteiger partial charge is 0.399 e. The fourth-order valence-corrected chi connectivity index (χ4v) is 1.63. The first-order valence-electron chi connectivity index (χ1n) is 6.14. The molecular weight excluding hydrogens is 254 g/mol. The standard InChI is InChI=1S/C15H15N3O2/c16-13-8-6-12(7-9-13)15(20)18-10-17-14(19)11-4-2-1-3-5-11/h1-9H,10,16H2,(H,17,19)(H,18,20). The Hall–Kier alpha value is -2.82. The quantitative estimate of drug-likeness (QED) is 0.579. The second-order valence-corrected chi connectivity index (χ2v) is 4.18. The van der Waals surface area contributed by atoms with Gasteiger partial charge in [-0.05, 0) is 36.4 Å². The number of anilines is 1. The minimum Gasteiger partial charge on any atom is -0.399 e. The van der Waals surface area contributed by atoms with E-state index in [9.17, 15) is 9.59 Å². The van der Waals surface area contributed by atoms with Crippen molar-refractivity contribution < 1.29 is 9.59 Å². The van der Waals surface area contributed by atoms with E-state index in [1.807, 2.05) is 6.07 Å². The summed E-state index contributed by atoms with van der Waals surface area (Å²) < 4.78 is 0. The summed E-state index contributed by atoms with van der Waals surface area (Å²) in [5.41, 5.74) is 7.18. The van der Waals surface area contributed by atoms with E-state index in [1.165, 1.54) is 0 Å². The molecule has 0 heterocycles. The second kappa shape index (κ2) is 6.38. The zero-order valence-corrected chi connectivity index (χ0v) is 10.8. The highest BCUT2D eigenvalue weighted by molar-refractivity contribution is 5.96. The van der Waals surface area contributed by atoms with Crippen LogP contribution in [0, 0.1) is 0 Å². The molecule has 0 aliphatic heterocycles. The van der Waals surface area contributed by atoms with Crippen molar-refractivity contribution in [3.8, 4) is 0 Å². The lowest BCUT2D eigenvalue weighted by Crippen LogP contribution is -2.37. The lowest BCUT2D eigenvalue weighted by Gasteiger charge is -2.07. The lowest BCUT2D eigenvalue weighted by atomic mass is 10.2. The first-order valence-corrected chi connectivity index (χ1v) is 6.14. The minimum absolute atomic E-state index is 0.0664. The number of hydrogen-bond donors (Lipinski definition) is 3. The summed E-state index contributed by atoms with van der Waals surface area (Å²) in [4.78, 5) is 23.5. The molecule has 2 amide bonds. The lowest BCUT2D eigenvalue weighted by molar-refractivity contribution is 0.0920. The van der Waals surface area contributed by atoms with E-state index < -0.39 is 0 Å². The van der Waals surface area contributed by atoms with Crippen LogP contribution in [0.2, 0.25) is 0 Å². The zero-order chi connectivity index (χ0) is 14.4. The number of nitrogens with two attached hydrogens (primary N) is 1. The average Bonchev–Trinajstić information content (AvgIpc) is 2.48. The summed E-state index contributed by atoms with van der Waals surface area (Å²) in [5, 5.41) is 5.22. The summed E-state index contributed by atoms with van der Waals surface area (Å²) >= 11 is 0. The average molecular weight is 269 g/mol. The van der Waals surface area contributed by atoms with Gasteiger partial charge in [0, 0.05) is 16.8 Å². The maximum atomic E-state index is 11.8. The first-order chi connectivity index (χ1) is 9.66. The molecule has 0 aromatic heterocycles. The van der Waals surface area contributed by atoms with Crippen LogP contribution < -0.4 is 16.4 Å². The molecule has 0 saturated heterocycles. The third-order valence-corrected chi connectivity index (χ3v) is 2.71. The second-order valence-electron chi connectivity index (χ2n) is 4.18. The fraction of sp³-hybridized carbons (Fsp3) is 0.0667. The van der Waals surface area contributed by atoms with Crippen LogP contribution in [0.3, 0.4) is 0 Å². The molecule has 2 aromatic rings. The van der Waals surface area contributed by atoms with E-state index in [4.69, 9.17) is 5.73 Å². The number of benzene rings is 2. The van der Waals surface area contributed by atoms with Crippen LogP contribution in [-0.4, -0.2) is 18.5 Å². The van der Waals surface area contributed by atoms with E-state index >= 15 is 0 Å². The molecule has 0 radical (unpaired) electrons. The molecule has 0 aliphatic carbocycles. The van der Waals surface area contributed by atoms with Gasteiger partial charge in [-0.2, -0.15) is 0 Å². The van der Waals surface area contributed by atoms with Gasteiger partial charge in [0.05, 0.1) is 6.67 Å². The van der Waals surface area contributed by atoms with Crippen molar-refractivity contribution in [2.75, 3.05) is 12.4 Å². The highest BCUT2D eigenvalue weighted by Gasteiger charge is 2.06. The number of carbonyl (C=O) groups excluding carboxylic acids is 2. The van der Waals surface area contributed by atoms with E-state index in [0.717, 1.165) is 0 Å². The molecule has 2 aromatic carbocycles. The summed E-state index contributed by atoms with van der Waals surface area (Å²) in [6.45, 7) is 0.0664. The van der Waals surface area contributed by atoms with Gasteiger partial charge in [0.25, 0.3) is 11.8 Å². The van der Waals surface area contributed by atoms with Crippen molar-refractivity contribution in [2.45, 2.75) is 0 Å². The molecule has 0 bridgehead atoms. The number of amides is 2. The Bertz CT molecular complexity index is 594. The minimum atomic E-state index is -0.265. The smallest absolute Gasteiger partial charge is 0.252 e. The Morgan fingerprint density at radius 1 is 0.800 bits per heavy atom. The highest BCUT2D eigenvalue weighted by Crippen LogP contribution is 2.04. The van der Waals surface area contributed by atoms with Crippen molar-refractivity contribution in [2.24, 2.45) is 0 Å². The Morgan fingerprint density at radius 2 is 1.30 bits per heavy atom. The zero-order valence-electron chi connectivity index (χ0n) is 10.8. The number of rotatable bonds is 4. The molecule has 2 rings (SSSR count). The molecule has 0 spiro atoms. The molecule has 20 heavy (non-hydrogen) atoms. The molecule has 5 heteroatoms. The number of hydrogen-bond acceptors (Lipinski definition) is 3. The molecular formula is C15H15N3O2. The Labute approximate surface area is 116 Å². The first kappa shape index (κ1) is 13.6. The van der Waals surface area contributed by atoms with Crippen LogP contribution in [-0.2, 0) is 0 Å². The Kier molecular flexibility index (Phi) is 4.34. The van der Waals surface area contributed by atoms with Crippen LogP contribution in [0.25, 0.3) is 0 Å². The third kappa shape index (κ3) is 3.58. The van der Waals surface area contributed by atoms with Gasteiger partial charge in [-0.15, -0.1) is 0 Å². The predicted molar refractivity (Wildman–Crippen MR) is 77.1 cm³/mol. The maximum absolute atomic E-state index is 11.8. The molecule has 0 aliphatic rings. The summed E-state index contributed by atoms with van der Waals surface area (Å²) in [6, 6.07) is 15.4. The van der Waals surface area contributed by atoms with Crippen LogP contribution in [0.1, 0.15) is 20.7 Å². The van der Waals surface area contributed by atoms with Gasteiger partial charge in [0.1, 0.15) is 0 Å². The van der Waals surface area contributed by atoms with Gasteiger partial charge in [-0.3, -0.25) is 9.59 Å². The maximum Gasteiger partial charge on any atom is 0.252 e. The van der Waals surface area contributed by atoms with Crippen LogP contribution in [0.5, 0.6) is 0 Å². The summed E-state index contributed by atoms with van der Waals surface area (Å²) in [6.07, 6.45) is 0. The topological polar surface area (TPSA) is 84.2 Å². The molecule has 0 fully saturated rings. The third-order valence-electron chi connectivity index (χ3n) is 2.71. The SMILES string of the molecule is Nc1ccc(C(=O)NCNC(=O)c2ccccc2)cc1. The normalized spacial score (nSPS) is 9.80. The Morgan fingerprint density at radius 3 is 1.85 bits per heavy atom. The van der Waals surface area contributed by atoms with Crippen molar-refractivity contribution >= 4 is 17.5 Å². The predicted octanol–water partition coefficient (Wildman–Crippen LogP) is 1.39. The van der Waals surface area contributed by atoms with Gasteiger partial charge < -0.3 is 16.4 Å². The molecule has 102 valence electrons. The van der Waals surface area contributed by atoms with Gasteiger partial charge in [0.2, 0.25) is 0 Å².